The second kappa shape index (κ2) is 3.91. The molecule has 0 bridgehead atoms. The number of rotatable bonds is 2. The third kappa shape index (κ3) is 1.90. The second-order valence-electron chi connectivity index (χ2n) is 2.51. The van der Waals surface area contributed by atoms with Crippen LogP contribution < -0.4 is 0 Å². The molecule has 0 saturated heterocycles. The minimum Gasteiger partial charge on any atom is -0.296 e. The average Bonchev–Trinajstić information content (AvgIpc) is 2.06. The fourth-order valence-electron chi connectivity index (χ4n) is 1.19. The molecule has 0 fully saturated rings. The fourth-order valence-corrected chi connectivity index (χ4v) is 1.19. The highest BCUT2D eigenvalue weighted by molar-refractivity contribution is 5.84. The monoisotopic (exact) mass is 147 g/mol. The maximum absolute atomic E-state index is 3.98. The van der Waals surface area contributed by atoms with Crippen LogP contribution in [0.25, 0.3) is 0 Å². The molecule has 0 N–H and O–H groups in total. The van der Waals surface area contributed by atoms with Gasteiger partial charge in [0.25, 0.3) is 0 Å². The lowest BCUT2D eigenvalue weighted by atomic mass is 9.98. The smallest absolute Gasteiger partial charge is 0.0284 e. The van der Waals surface area contributed by atoms with Crippen LogP contribution >= 0.6 is 0 Å². The Morgan fingerprint density at radius 2 is 2.45 bits per heavy atom. The molecule has 0 heterocycles. The maximum atomic E-state index is 3.98. The van der Waals surface area contributed by atoms with Crippen LogP contribution in [0.4, 0.5) is 0 Å². The molecule has 0 aromatic heterocycles. The minimum absolute atomic E-state index is 1.10. The Bertz CT molecular complexity index is 227. The standard InChI is InChI=1S/C10H13N/c1-3-9-6-4-5-7-10(9)8-11-2/h3,5,7-8H,1,4,6H2,2H3. The molecule has 11 heavy (non-hydrogen) atoms. The van der Waals surface area contributed by atoms with E-state index in [0.29, 0.717) is 0 Å². The van der Waals surface area contributed by atoms with Gasteiger partial charge < -0.3 is 0 Å². The summed E-state index contributed by atoms with van der Waals surface area (Å²) in [7, 11) is 1.79. The Balaban J connectivity index is 2.91. The summed E-state index contributed by atoms with van der Waals surface area (Å²) < 4.78 is 0. The molecule has 58 valence electrons. The van der Waals surface area contributed by atoms with E-state index in [9.17, 15) is 0 Å². The lowest BCUT2D eigenvalue weighted by molar-refractivity contribution is 0.984. The Hall–Kier alpha value is -1.11. The zero-order chi connectivity index (χ0) is 8.10. The number of hydrogen-bond donors (Lipinski definition) is 0. The molecule has 1 aliphatic carbocycles. The topological polar surface area (TPSA) is 12.4 Å². The first-order valence-electron chi connectivity index (χ1n) is 3.82. The lowest BCUT2D eigenvalue weighted by Gasteiger charge is -2.07. The summed E-state index contributed by atoms with van der Waals surface area (Å²) in [6.07, 6.45) is 10.3. The van der Waals surface area contributed by atoms with E-state index in [4.69, 9.17) is 0 Å². The van der Waals surface area contributed by atoms with Crippen LogP contribution in [0.1, 0.15) is 12.8 Å². The molecular weight excluding hydrogens is 134 g/mol. The summed E-state index contributed by atoms with van der Waals surface area (Å²) in [6.45, 7) is 3.76. The van der Waals surface area contributed by atoms with Gasteiger partial charge in [-0.15, -0.1) is 0 Å². The van der Waals surface area contributed by atoms with Crippen molar-refractivity contribution in [1.29, 1.82) is 0 Å². The highest BCUT2D eigenvalue weighted by Gasteiger charge is 2.01. The molecule has 1 aliphatic rings. The molecule has 0 amide bonds. The highest BCUT2D eigenvalue weighted by Crippen LogP contribution is 2.17. The van der Waals surface area contributed by atoms with Crippen molar-refractivity contribution in [1.82, 2.24) is 0 Å². The van der Waals surface area contributed by atoms with Gasteiger partial charge in [-0.3, -0.25) is 4.99 Å². The van der Waals surface area contributed by atoms with Crippen molar-refractivity contribution in [3.63, 3.8) is 0 Å². The Labute approximate surface area is 67.8 Å². The predicted octanol–water partition coefficient (Wildman–Crippen LogP) is 2.52. The van der Waals surface area contributed by atoms with E-state index in [1.165, 1.54) is 11.1 Å². The Morgan fingerprint density at radius 3 is 3.09 bits per heavy atom. The zero-order valence-corrected chi connectivity index (χ0v) is 6.88. The molecule has 0 atom stereocenters. The van der Waals surface area contributed by atoms with Crippen LogP contribution in [-0.4, -0.2) is 13.3 Å². The van der Waals surface area contributed by atoms with Gasteiger partial charge in [0.2, 0.25) is 0 Å². The minimum atomic E-state index is 1.10. The molecule has 0 aromatic carbocycles. The summed E-state index contributed by atoms with van der Waals surface area (Å²) in [6, 6.07) is 0. The number of nitrogens with zero attached hydrogens (tertiary/aromatic N) is 1. The van der Waals surface area contributed by atoms with E-state index in [0.717, 1.165) is 12.8 Å². The van der Waals surface area contributed by atoms with Crippen molar-refractivity contribution in [2.45, 2.75) is 12.8 Å². The van der Waals surface area contributed by atoms with Gasteiger partial charge in [0.15, 0.2) is 0 Å². The van der Waals surface area contributed by atoms with Crippen LogP contribution in [0.2, 0.25) is 0 Å². The summed E-state index contributed by atoms with van der Waals surface area (Å²) in [4.78, 5) is 3.98. The van der Waals surface area contributed by atoms with Gasteiger partial charge in [0.1, 0.15) is 0 Å². The third-order valence-corrected chi connectivity index (χ3v) is 1.76. The van der Waals surface area contributed by atoms with Crippen LogP contribution in [0.15, 0.2) is 40.9 Å². The summed E-state index contributed by atoms with van der Waals surface area (Å²) >= 11 is 0. The Kier molecular flexibility index (Phi) is 2.84. The zero-order valence-electron chi connectivity index (χ0n) is 6.88. The van der Waals surface area contributed by atoms with E-state index in [-0.39, 0.29) is 0 Å². The van der Waals surface area contributed by atoms with E-state index >= 15 is 0 Å². The SMILES string of the molecule is C=CC1=C(C=NC)C=CCC1. The van der Waals surface area contributed by atoms with E-state index < -0.39 is 0 Å². The summed E-state index contributed by atoms with van der Waals surface area (Å²) in [5, 5.41) is 0. The molecular formula is C10H13N. The second-order valence-corrected chi connectivity index (χ2v) is 2.51. The van der Waals surface area contributed by atoms with Crippen LogP contribution in [0.5, 0.6) is 0 Å². The summed E-state index contributed by atoms with van der Waals surface area (Å²) in [5.74, 6) is 0. The van der Waals surface area contributed by atoms with E-state index in [1.54, 1.807) is 7.05 Å². The van der Waals surface area contributed by atoms with Gasteiger partial charge in [0, 0.05) is 13.3 Å². The fraction of sp³-hybridized carbons (Fsp3) is 0.300. The van der Waals surface area contributed by atoms with Gasteiger partial charge in [-0.1, -0.05) is 24.8 Å². The van der Waals surface area contributed by atoms with Crippen LogP contribution in [0, 0.1) is 0 Å². The van der Waals surface area contributed by atoms with Gasteiger partial charge in [-0.25, -0.2) is 0 Å². The van der Waals surface area contributed by atoms with Crippen molar-refractivity contribution in [2.24, 2.45) is 4.99 Å². The first-order chi connectivity index (χ1) is 5.38. The van der Waals surface area contributed by atoms with Crippen LogP contribution in [-0.2, 0) is 0 Å². The van der Waals surface area contributed by atoms with Gasteiger partial charge in [0.05, 0.1) is 0 Å². The normalized spacial score (nSPS) is 17.9. The van der Waals surface area contributed by atoms with Crippen LogP contribution in [0.3, 0.4) is 0 Å². The molecule has 0 saturated carbocycles. The van der Waals surface area contributed by atoms with Gasteiger partial charge >= 0.3 is 0 Å². The molecule has 0 unspecified atom stereocenters. The molecule has 0 aromatic rings. The van der Waals surface area contributed by atoms with Crippen molar-refractivity contribution in [2.75, 3.05) is 7.05 Å². The maximum Gasteiger partial charge on any atom is 0.0284 e. The summed E-state index contributed by atoms with van der Waals surface area (Å²) in [5.41, 5.74) is 2.51. The molecule has 0 radical (unpaired) electrons. The number of allylic oxidation sites excluding steroid dienone is 5. The van der Waals surface area contributed by atoms with E-state index in [1.807, 2.05) is 12.3 Å². The average molecular weight is 147 g/mol. The largest absolute Gasteiger partial charge is 0.296 e. The lowest BCUT2D eigenvalue weighted by Crippen LogP contribution is -1.93. The third-order valence-electron chi connectivity index (χ3n) is 1.76. The Morgan fingerprint density at radius 1 is 1.64 bits per heavy atom. The molecule has 1 rings (SSSR count). The highest BCUT2D eigenvalue weighted by atomic mass is 14.6. The number of aliphatic imine (C=N–C) groups is 1. The van der Waals surface area contributed by atoms with Crippen molar-refractivity contribution in [3.05, 3.63) is 36.0 Å². The number of hydrogen-bond acceptors (Lipinski definition) is 1. The van der Waals surface area contributed by atoms with Gasteiger partial charge in [-0.2, -0.15) is 0 Å². The van der Waals surface area contributed by atoms with Crippen molar-refractivity contribution < 1.29 is 0 Å². The first kappa shape index (κ1) is 7.99. The quantitative estimate of drug-likeness (QED) is 0.532. The van der Waals surface area contributed by atoms with Crippen molar-refractivity contribution >= 4 is 6.21 Å². The van der Waals surface area contributed by atoms with Crippen molar-refractivity contribution in [3.8, 4) is 0 Å². The molecule has 1 nitrogen and oxygen atoms in total. The molecule has 0 aliphatic heterocycles. The molecule has 0 spiro atoms. The van der Waals surface area contributed by atoms with E-state index in [2.05, 4.69) is 23.7 Å². The first-order valence-corrected chi connectivity index (χ1v) is 3.82. The van der Waals surface area contributed by atoms with Gasteiger partial charge in [-0.05, 0) is 24.0 Å². The predicted molar refractivity (Wildman–Crippen MR) is 50.0 cm³/mol. The molecule has 1 heteroatoms.